The molecule has 24 heavy (non-hydrogen) atoms. The molecule has 0 saturated heterocycles. The van der Waals surface area contributed by atoms with Gasteiger partial charge in [-0.3, -0.25) is 0 Å². The Balaban J connectivity index is 1.96. The Morgan fingerprint density at radius 3 is 1.79 bits per heavy atom. The molecule has 0 fully saturated rings. The molecule has 0 radical (unpaired) electrons. The molecule has 1 heterocycles. The molecule has 0 amide bonds. The van der Waals surface area contributed by atoms with Gasteiger partial charge in [0.05, 0.1) is 11.0 Å². The Kier molecular flexibility index (Phi) is 3.58. The predicted octanol–water partition coefficient (Wildman–Crippen LogP) is 4.77. The van der Waals surface area contributed by atoms with E-state index in [0.29, 0.717) is 5.04 Å². The standard InChI is InChI=1S/C22H23NSi/c1-3-22(2,24)16-12-14-17(15-13-16)23-20-10-6-4-8-18(20)19-9-5-7-11-21(19)23/h4-15H,3H2,1-2,24H3/t22-/m0/s1. The van der Waals surface area contributed by atoms with Gasteiger partial charge in [-0.2, -0.15) is 0 Å². The Morgan fingerprint density at radius 1 is 0.792 bits per heavy atom. The van der Waals surface area contributed by atoms with Gasteiger partial charge in [0.2, 0.25) is 0 Å². The van der Waals surface area contributed by atoms with Crippen LogP contribution in [0.15, 0.2) is 72.8 Å². The van der Waals surface area contributed by atoms with Crippen molar-refractivity contribution in [3.05, 3.63) is 78.4 Å². The van der Waals surface area contributed by atoms with Crippen molar-refractivity contribution in [2.75, 3.05) is 0 Å². The molecule has 1 atom stereocenters. The van der Waals surface area contributed by atoms with Crippen LogP contribution in [0.5, 0.6) is 0 Å². The van der Waals surface area contributed by atoms with E-state index < -0.39 is 0 Å². The number of rotatable bonds is 3. The van der Waals surface area contributed by atoms with Crippen molar-refractivity contribution in [3.8, 4) is 5.69 Å². The van der Waals surface area contributed by atoms with Gasteiger partial charge in [-0.05, 0) is 34.9 Å². The normalized spacial score (nSPS) is 14.2. The minimum absolute atomic E-state index is 0.360. The smallest absolute Gasteiger partial charge is 0.0541 e. The predicted molar refractivity (Wildman–Crippen MR) is 108 cm³/mol. The number of benzene rings is 3. The lowest BCUT2D eigenvalue weighted by Gasteiger charge is -2.23. The van der Waals surface area contributed by atoms with Crippen LogP contribution in [0.3, 0.4) is 0 Å². The Labute approximate surface area is 146 Å². The Morgan fingerprint density at radius 2 is 1.29 bits per heavy atom. The van der Waals surface area contributed by atoms with Crippen LogP contribution in [0.1, 0.15) is 25.8 Å². The quantitative estimate of drug-likeness (QED) is 0.477. The summed E-state index contributed by atoms with van der Waals surface area (Å²) in [5.41, 5.74) is 5.25. The van der Waals surface area contributed by atoms with Gasteiger partial charge < -0.3 is 4.57 Å². The minimum Gasteiger partial charge on any atom is -0.309 e. The average Bonchev–Trinajstić information content (AvgIpc) is 2.96. The van der Waals surface area contributed by atoms with Crippen molar-refractivity contribution in [1.82, 2.24) is 4.57 Å². The Hall–Kier alpha value is -2.32. The zero-order chi connectivity index (χ0) is 16.7. The summed E-state index contributed by atoms with van der Waals surface area (Å²) in [4.78, 5) is 0. The summed E-state index contributed by atoms with van der Waals surface area (Å²) in [5, 5.41) is 3.00. The largest absolute Gasteiger partial charge is 0.309 e. The van der Waals surface area contributed by atoms with Gasteiger partial charge in [-0.1, -0.05) is 68.8 Å². The molecule has 0 N–H and O–H groups in total. The number of aromatic nitrogens is 1. The van der Waals surface area contributed by atoms with E-state index in [1.807, 2.05) is 0 Å². The zero-order valence-electron chi connectivity index (χ0n) is 14.6. The highest BCUT2D eigenvalue weighted by Gasteiger charge is 2.18. The maximum absolute atomic E-state index is 2.38. The third-order valence-electron chi connectivity index (χ3n) is 5.37. The molecular formula is C22H23NSi. The molecule has 0 spiro atoms. The fourth-order valence-electron chi connectivity index (χ4n) is 3.47. The number of hydrogen-bond acceptors (Lipinski definition) is 0. The van der Waals surface area contributed by atoms with Crippen LogP contribution in [-0.2, 0) is 5.04 Å². The van der Waals surface area contributed by atoms with Gasteiger partial charge in [-0.25, -0.2) is 0 Å². The molecule has 3 aromatic carbocycles. The number of hydrogen-bond donors (Lipinski definition) is 0. The lowest BCUT2D eigenvalue weighted by Crippen LogP contribution is -2.20. The molecule has 4 aromatic rings. The maximum atomic E-state index is 2.38. The summed E-state index contributed by atoms with van der Waals surface area (Å²) in [7, 11) is 1.18. The molecule has 0 saturated carbocycles. The number of nitrogens with zero attached hydrogens (tertiary/aromatic N) is 1. The molecule has 0 aliphatic heterocycles. The van der Waals surface area contributed by atoms with E-state index in [4.69, 9.17) is 0 Å². The highest BCUT2D eigenvalue weighted by Crippen LogP contribution is 2.32. The van der Waals surface area contributed by atoms with Gasteiger partial charge in [0.25, 0.3) is 0 Å². The Bertz CT molecular complexity index is 956. The molecule has 1 aromatic heterocycles. The van der Waals surface area contributed by atoms with Gasteiger partial charge in [0.1, 0.15) is 0 Å². The van der Waals surface area contributed by atoms with E-state index in [-0.39, 0.29) is 0 Å². The molecule has 4 rings (SSSR count). The summed E-state index contributed by atoms with van der Waals surface area (Å²) in [6.07, 6.45) is 1.20. The molecular weight excluding hydrogens is 306 g/mol. The van der Waals surface area contributed by atoms with Crippen molar-refractivity contribution in [1.29, 1.82) is 0 Å². The summed E-state index contributed by atoms with van der Waals surface area (Å²) >= 11 is 0. The second-order valence-electron chi connectivity index (χ2n) is 7.15. The van der Waals surface area contributed by atoms with Crippen LogP contribution in [-0.4, -0.2) is 14.8 Å². The second kappa shape index (κ2) is 5.64. The van der Waals surface area contributed by atoms with Crippen molar-refractivity contribution in [3.63, 3.8) is 0 Å². The summed E-state index contributed by atoms with van der Waals surface area (Å²) in [5.74, 6) is 0. The highest BCUT2D eigenvalue weighted by molar-refractivity contribution is 6.15. The maximum Gasteiger partial charge on any atom is 0.0541 e. The van der Waals surface area contributed by atoms with Gasteiger partial charge in [-0.15, -0.1) is 0 Å². The van der Waals surface area contributed by atoms with Crippen LogP contribution in [0.25, 0.3) is 27.5 Å². The third-order valence-corrected chi connectivity index (χ3v) is 6.66. The van der Waals surface area contributed by atoms with Crippen LogP contribution < -0.4 is 0 Å². The molecule has 2 heteroatoms. The van der Waals surface area contributed by atoms with E-state index in [0.717, 1.165) is 0 Å². The van der Waals surface area contributed by atoms with Crippen molar-refractivity contribution >= 4 is 32.0 Å². The molecule has 0 bridgehead atoms. The second-order valence-corrected chi connectivity index (χ2v) is 9.36. The first-order valence-electron chi connectivity index (χ1n) is 8.71. The summed E-state index contributed by atoms with van der Waals surface area (Å²) in [6.45, 7) is 4.66. The fourth-order valence-corrected chi connectivity index (χ4v) is 3.80. The van der Waals surface area contributed by atoms with E-state index in [1.54, 1.807) is 0 Å². The van der Waals surface area contributed by atoms with E-state index in [1.165, 1.54) is 49.7 Å². The highest BCUT2D eigenvalue weighted by atomic mass is 28.1. The first-order chi connectivity index (χ1) is 11.6. The van der Waals surface area contributed by atoms with Crippen molar-refractivity contribution in [2.24, 2.45) is 0 Å². The van der Waals surface area contributed by atoms with Crippen LogP contribution in [0.2, 0.25) is 0 Å². The summed E-state index contributed by atoms with van der Waals surface area (Å²) in [6, 6.07) is 26.5. The lowest BCUT2D eigenvalue weighted by atomic mass is 9.97. The van der Waals surface area contributed by atoms with Crippen molar-refractivity contribution in [2.45, 2.75) is 25.3 Å². The number of para-hydroxylation sites is 2. The van der Waals surface area contributed by atoms with Gasteiger partial charge in [0.15, 0.2) is 0 Å². The van der Waals surface area contributed by atoms with Crippen LogP contribution in [0.4, 0.5) is 0 Å². The summed E-state index contributed by atoms with van der Waals surface area (Å²) < 4.78 is 2.38. The monoisotopic (exact) mass is 329 g/mol. The van der Waals surface area contributed by atoms with Gasteiger partial charge >= 0.3 is 0 Å². The molecule has 120 valence electrons. The van der Waals surface area contributed by atoms with Gasteiger partial charge in [0, 0.05) is 26.7 Å². The fraction of sp³-hybridized carbons (Fsp3) is 0.182. The van der Waals surface area contributed by atoms with E-state index >= 15 is 0 Å². The van der Waals surface area contributed by atoms with E-state index in [2.05, 4.69) is 91.2 Å². The zero-order valence-corrected chi connectivity index (χ0v) is 16.6. The topological polar surface area (TPSA) is 4.93 Å². The molecule has 1 nitrogen and oxygen atoms in total. The molecule has 0 aliphatic rings. The van der Waals surface area contributed by atoms with Crippen molar-refractivity contribution < 1.29 is 0 Å². The van der Waals surface area contributed by atoms with E-state index in [9.17, 15) is 0 Å². The SMILES string of the molecule is CC[C@](C)([SiH3])c1ccc(-n2c3ccccc3c3ccccc32)cc1. The first kappa shape index (κ1) is 15.2. The van der Waals surface area contributed by atoms with Crippen LogP contribution >= 0.6 is 0 Å². The van der Waals surface area contributed by atoms with Crippen LogP contribution in [0, 0.1) is 0 Å². The number of fused-ring (bicyclic) bond motifs is 3. The molecule has 0 unspecified atom stereocenters. The molecule has 0 aliphatic carbocycles. The lowest BCUT2D eigenvalue weighted by molar-refractivity contribution is 0.649. The third kappa shape index (κ3) is 2.30. The minimum atomic E-state index is 0.360. The average molecular weight is 330 g/mol. The first-order valence-corrected chi connectivity index (χ1v) is 9.71.